The highest BCUT2D eigenvalue weighted by Crippen LogP contribution is 2.37. The molecule has 0 N–H and O–H groups in total. The monoisotopic (exact) mass is 674 g/mol. The number of hydrogen-bond acceptors (Lipinski definition) is 0. The lowest BCUT2D eigenvalue weighted by Gasteiger charge is -2.11. The number of hydrogen-bond donors (Lipinski definition) is 0. The van der Waals surface area contributed by atoms with Crippen LogP contribution in [0.4, 0.5) is 0 Å². The minimum Gasteiger partial charge on any atom is -0.115 e. The Kier molecular flexibility index (Phi) is 7.08. The van der Waals surface area contributed by atoms with Gasteiger partial charge in [0.2, 0.25) is 0 Å². The molecule has 0 saturated heterocycles. The molecule has 0 aromatic heterocycles. The normalized spacial score (nSPS) is 10.9. The van der Waals surface area contributed by atoms with E-state index in [-0.39, 0.29) is 0 Å². The van der Waals surface area contributed by atoms with Crippen LogP contribution >= 0.6 is 0 Å². The zero-order valence-electron chi connectivity index (χ0n) is 29.0. The van der Waals surface area contributed by atoms with Gasteiger partial charge < -0.3 is 0 Å². The van der Waals surface area contributed by atoms with E-state index in [0.717, 1.165) is 44.2 Å². The highest BCUT2D eigenvalue weighted by molar-refractivity contribution is 6.25. The zero-order valence-corrected chi connectivity index (χ0v) is 29.0. The van der Waals surface area contributed by atoms with Crippen LogP contribution < -0.4 is 0 Å². The average Bonchev–Trinajstić information content (AvgIpc) is 3.22. The Morgan fingerprint density at radius 1 is 0.278 bits per heavy atom. The summed E-state index contributed by atoms with van der Waals surface area (Å²) in [6.45, 7) is 0. The van der Waals surface area contributed by atoms with Crippen LogP contribution in [-0.2, 0) is 0 Å². The second kappa shape index (κ2) is 12.4. The second-order valence-corrected chi connectivity index (χ2v) is 13.6. The molecule has 0 heterocycles. The summed E-state index contributed by atoms with van der Waals surface area (Å²) in [5.74, 6) is 26.0. The van der Waals surface area contributed by atoms with Gasteiger partial charge in [-0.2, -0.15) is 0 Å². The molecule has 0 aliphatic carbocycles. The Morgan fingerprint density at radius 3 is 0.963 bits per heavy atom. The first-order valence-electron chi connectivity index (χ1n) is 17.7. The van der Waals surface area contributed by atoms with Crippen molar-refractivity contribution in [1.82, 2.24) is 0 Å². The van der Waals surface area contributed by atoms with Crippen LogP contribution in [-0.4, -0.2) is 0 Å². The van der Waals surface area contributed by atoms with E-state index in [9.17, 15) is 0 Å². The highest BCUT2D eigenvalue weighted by atomic mass is 14.1. The van der Waals surface area contributed by atoms with E-state index < -0.39 is 0 Å². The van der Waals surface area contributed by atoms with Crippen molar-refractivity contribution in [2.24, 2.45) is 0 Å². The van der Waals surface area contributed by atoms with Crippen LogP contribution in [0.1, 0.15) is 44.5 Å². The maximum atomic E-state index is 5.71. The van der Waals surface area contributed by atoms with Gasteiger partial charge in [0, 0.05) is 44.5 Å². The largest absolute Gasteiger partial charge is 0.115 e. The maximum Gasteiger partial charge on any atom is 0.0328 e. The molecular weight excluding hydrogens is 649 g/mol. The summed E-state index contributed by atoms with van der Waals surface area (Å²) in [5, 5.41) is 14.7. The van der Waals surface area contributed by atoms with E-state index >= 15 is 0 Å². The van der Waals surface area contributed by atoms with Crippen molar-refractivity contribution in [3.05, 3.63) is 190 Å². The fourth-order valence-electron chi connectivity index (χ4n) is 7.82. The lowest BCUT2D eigenvalue weighted by atomic mass is 9.92. The van der Waals surface area contributed by atoms with Crippen molar-refractivity contribution in [1.29, 1.82) is 0 Å². The van der Waals surface area contributed by atoms with Gasteiger partial charge in [-0.1, -0.05) is 144 Å². The molecule has 0 amide bonds. The molecule has 0 nitrogen and oxygen atoms in total. The first-order valence-corrected chi connectivity index (χ1v) is 17.7. The van der Waals surface area contributed by atoms with Crippen molar-refractivity contribution in [3.8, 4) is 60.2 Å². The lowest BCUT2D eigenvalue weighted by molar-refractivity contribution is 1.54. The molecule has 0 aliphatic rings. The van der Waals surface area contributed by atoms with Gasteiger partial charge in [0.25, 0.3) is 0 Å². The van der Waals surface area contributed by atoms with Crippen LogP contribution in [0.5, 0.6) is 0 Å². The summed E-state index contributed by atoms with van der Waals surface area (Å²) in [5.41, 5.74) is 6.56. The molecule has 0 heteroatoms. The summed E-state index contributed by atoms with van der Waals surface area (Å²) in [6.07, 6.45) is 11.4. The van der Waals surface area contributed by atoms with Gasteiger partial charge in [-0.15, -0.1) is 12.8 Å². The first kappa shape index (κ1) is 30.9. The fourth-order valence-corrected chi connectivity index (χ4v) is 7.82. The van der Waals surface area contributed by atoms with Crippen LogP contribution in [0.15, 0.2) is 146 Å². The molecule has 242 valence electrons. The van der Waals surface area contributed by atoms with Crippen molar-refractivity contribution in [2.45, 2.75) is 0 Å². The number of rotatable bonds is 0. The topological polar surface area (TPSA) is 0 Å². The zero-order chi connectivity index (χ0) is 36.2. The molecule has 10 aromatic carbocycles. The van der Waals surface area contributed by atoms with Crippen molar-refractivity contribution >= 4 is 64.6 Å². The van der Waals surface area contributed by atoms with Crippen LogP contribution in [0.25, 0.3) is 64.6 Å². The third kappa shape index (κ3) is 5.23. The SMILES string of the molecule is C#Cc1cc(C#C)cc(C#Cc2cc(C#Cc3ccc4ccc5cccc6ccc3c4c56)cc(C#Cc3ccc4ccc5cccc6ccc3c4c56)c2)c1. The molecule has 54 heavy (non-hydrogen) atoms. The molecule has 0 bridgehead atoms. The second-order valence-electron chi connectivity index (χ2n) is 13.6. The third-order valence-corrected chi connectivity index (χ3v) is 10.3. The van der Waals surface area contributed by atoms with Gasteiger partial charge in [-0.05, 0) is 113 Å². The quantitative estimate of drug-likeness (QED) is 0.111. The number of benzene rings is 10. The standard InChI is InChI=1S/C54H26/c1-3-35-29-36(4-2)31-37(30-35)11-12-38-32-39(13-15-41-17-19-47-23-21-43-7-5-9-45-25-27-49(41)53(47)51(43)45)34-40(33-38)14-16-42-18-20-48-24-22-44-8-6-10-46-26-28-50(42)54(48)52(44)46/h1-2,5-10,17-34H. The summed E-state index contributed by atoms with van der Waals surface area (Å²) >= 11 is 0. The number of terminal acetylenes is 2. The van der Waals surface area contributed by atoms with Gasteiger partial charge >= 0.3 is 0 Å². The van der Waals surface area contributed by atoms with E-state index in [2.05, 4.69) is 157 Å². The first-order chi connectivity index (χ1) is 26.6. The summed E-state index contributed by atoms with van der Waals surface area (Å²) in [6, 6.07) is 50.7. The van der Waals surface area contributed by atoms with Gasteiger partial charge in [0.1, 0.15) is 0 Å². The van der Waals surface area contributed by atoms with Crippen molar-refractivity contribution < 1.29 is 0 Å². The Labute approximate surface area is 313 Å². The van der Waals surface area contributed by atoms with Crippen LogP contribution in [0, 0.1) is 60.2 Å². The summed E-state index contributed by atoms with van der Waals surface area (Å²) in [7, 11) is 0. The van der Waals surface area contributed by atoms with E-state index in [0.29, 0.717) is 11.1 Å². The van der Waals surface area contributed by atoms with E-state index in [1.165, 1.54) is 53.9 Å². The van der Waals surface area contributed by atoms with Gasteiger partial charge in [-0.3, -0.25) is 0 Å². The molecule has 0 saturated carbocycles. The van der Waals surface area contributed by atoms with Gasteiger partial charge in [-0.25, -0.2) is 0 Å². The smallest absolute Gasteiger partial charge is 0.0328 e. The Bertz CT molecular complexity index is 3220. The Balaban J connectivity index is 1.11. The summed E-state index contributed by atoms with van der Waals surface area (Å²) < 4.78 is 0. The molecule has 10 rings (SSSR count). The minimum absolute atomic E-state index is 0.697. The van der Waals surface area contributed by atoms with Gasteiger partial charge in [0.15, 0.2) is 0 Å². The molecule has 0 fully saturated rings. The average molecular weight is 675 g/mol. The van der Waals surface area contributed by atoms with E-state index in [1.807, 2.05) is 36.4 Å². The predicted molar refractivity (Wildman–Crippen MR) is 227 cm³/mol. The highest BCUT2D eigenvalue weighted by Gasteiger charge is 2.11. The van der Waals surface area contributed by atoms with Crippen LogP contribution in [0.2, 0.25) is 0 Å². The van der Waals surface area contributed by atoms with E-state index in [4.69, 9.17) is 12.8 Å². The molecule has 0 unspecified atom stereocenters. The minimum atomic E-state index is 0.697. The van der Waals surface area contributed by atoms with Crippen molar-refractivity contribution in [3.63, 3.8) is 0 Å². The molecule has 0 atom stereocenters. The Hall–Kier alpha value is -7.92. The maximum absolute atomic E-state index is 5.71. The lowest BCUT2D eigenvalue weighted by Crippen LogP contribution is -1.88. The molecule has 0 radical (unpaired) electrons. The van der Waals surface area contributed by atoms with Crippen molar-refractivity contribution in [2.75, 3.05) is 0 Å². The third-order valence-electron chi connectivity index (χ3n) is 10.3. The summed E-state index contributed by atoms with van der Waals surface area (Å²) in [4.78, 5) is 0. The van der Waals surface area contributed by atoms with E-state index in [1.54, 1.807) is 0 Å². The molecule has 10 aromatic rings. The van der Waals surface area contributed by atoms with Crippen LogP contribution in [0.3, 0.4) is 0 Å². The fraction of sp³-hybridized carbons (Fsp3) is 0. The Morgan fingerprint density at radius 2 is 0.574 bits per heavy atom. The molecule has 0 aliphatic heterocycles. The molecule has 0 spiro atoms. The predicted octanol–water partition coefficient (Wildman–Crippen LogP) is 11.6. The van der Waals surface area contributed by atoms with Gasteiger partial charge in [0.05, 0.1) is 0 Å². The molecular formula is C54H26.